The van der Waals surface area contributed by atoms with E-state index in [4.69, 9.17) is 9.52 Å². The van der Waals surface area contributed by atoms with Gasteiger partial charge in [-0.05, 0) is 42.3 Å². The summed E-state index contributed by atoms with van der Waals surface area (Å²) >= 11 is 1.83. The van der Waals surface area contributed by atoms with E-state index in [1.807, 2.05) is 23.5 Å². The normalized spacial score (nSPS) is 17.6. The molecule has 20 heavy (non-hydrogen) atoms. The van der Waals surface area contributed by atoms with Crippen molar-refractivity contribution < 1.29 is 9.52 Å². The number of hydrogen-bond acceptors (Lipinski definition) is 4. The molecule has 0 bridgehead atoms. The minimum atomic E-state index is -0.0308. The number of nitrogens with one attached hydrogen (secondary N) is 1. The van der Waals surface area contributed by atoms with Gasteiger partial charge < -0.3 is 14.8 Å². The van der Waals surface area contributed by atoms with Crippen molar-refractivity contribution in [1.29, 1.82) is 0 Å². The van der Waals surface area contributed by atoms with Crippen molar-refractivity contribution in [3.8, 4) is 0 Å². The molecule has 3 rings (SSSR count). The van der Waals surface area contributed by atoms with Gasteiger partial charge in [0.25, 0.3) is 0 Å². The van der Waals surface area contributed by atoms with E-state index in [2.05, 4.69) is 22.8 Å². The second kappa shape index (κ2) is 6.57. The highest BCUT2D eigenvalue weighted by atomic mass is 32.1. The molecule has 108 valence electrons. The minimum absolute atomic E-state index is 0.0308. The lowest BCUT2D eigenvalue weighted by Crippen LogP contribution is -2.25. The molecule has 0 radical (unpaired) electrons. The lowest BCUT2D eigenvalue weighted by molar-refractivity contribution is 0.241. The lowest BCUT2D eigenvalue weighted by atomic mass is 9.96. The molecule has 1 fully saturated rings. The van der Waals surface area contributed by atoms with Crippen molar-refractivity contribution in [2.45, 2.75) is 44.9 Å². The first-order valence-corrected chi connectivity index (χ1v) is 8.20. The molecule has 2 N–H and O–H groups in total. The van der Waals surface area contributed by atoms with Crippen molar-refractivity contribution in [2.75, 3.05) is 0 Å². The molecule has 0 aromatic carbocycles. The van der Waals surface area contributed by atoms with Crippen LogP contribution >= 0.6 is 11.3 Å². The summed E-state index contributed by atoms with van der Waals surface area (Å²) in [4.78, 5) is 1.42. The van der Waals surface area contributed by atoms with Crippen LogP contribution in [-0.2, 0) is 13.2 Å². The quantitative estimate of drug-likeness (QED) is 0.849. The Hall–Kier alpha value is -1.10. The van der Waals surface area contributed by atoms with E-state index in [0.717, 1.165) is 18.2 Å². The van der Waals surface area contributed by atoms with Crippen molar-refractivity contribution in [3.63, 3.8) is 0 Å². The van der Waals surface area contributed by atoms with Gasteiger partial charge in [-0.1, -0.05) is 18.9 Å². The van der Waals surface area contributed by atoms with Gasteiger partial charge in [0, 0.05) is 10.9 Å². The summed E-state index contributed by atoms with van der Waals surface area (Å²) in [5.41, 5.74) is 0. The van der Waals surface area contributed by atoms with Crippen molar-refractivity contribution in [1.82, 2.24) is 5.32 Å². The van der Waals surface area contributed by atoms with E-state index in [9.17, 15) is 0 Å². The first kappa shape index (κ1) is 13.9. The number of hydrogen-bond donors (Lipinski definition) is 2. The van der Waals surface area contributed by atoms with Crippen LogP contribution in [-0.4, -0.2) is 5.11 Å². The first-order chi connectivity index (χ1) is 9.86. The predicted molar refractivity (Wildman–Crippen MR) is 80.5 cm³/mol. The maximum Gasteiger partial charge on any atom is 0.129 e. The van der Waals surface area contributed by atoms with Gasteiger partial charge in [0.1, 0.15) is 18.1 Å². The number of rotatable bonds is 6. The van der Waals surface area contributed by atoms with E-state index in [-0.39, 0.29) is 6.61 Å². The van der Waals surface area contributed by atoms with Crippen molar-refractivity contribution >= 4 is 11.3 Å². The Labute approximate surface area is 123 Å². The third-order valence-electron chi connectivity index (χ3n) is 4.09. The highest BCUT2D eigenvalue weighted by Gasteiger charge is 2.26. The van der Waals surface area contributed by atoms with E-state index in [1.54, 1.807) is 0 Å². The smallest absolute Gasteiger partial charge is 0.129 e. The molecule has 1 saturated carbocycles. The van der Waals surface area contributed by atoms with Gasteiger partial charge >= 0.3 is 0 Å². The van der Waals surface area contributed by atoms with Gasteiger partial charge in [-0.2, -0.15) is 0 Å². The molecule has 1 aliphatic rings. The summed E-state index contributed by atoms with van der Waals surface area (Å²) in [6.07, 6.45) is 5.33. The third kappa shape index (κ3) is 3.14. The van der Waals surface area contributed by atoms with Gasteiger partial charge in [0.15, 0.2) is 0 Å². The molecule has 0 amide bonds. The van der Waals surface area contributed by atoms with Crippen molar-refractivity contribution in [3.05, 3.63) is 46.0 Å². The molecule has 0 saturated heterocycles. The summed E-state index contributed by atoms with van der Waals surface area (Å²) in [5.74, 6) is 2.27. The fraction of sp³-hybridized carbons (Fsp3) is 0.500. The average Bonchev–Trinajstić information content (AvgIpc) is 3.22. The van der Waals surface area contributed by atoms with Crippen molar-refractivity contribution in [2.24, 2.45) is 5.92 Å². The third-order valence-corrected chi connectivity index (χ3v) is 5.05. The molecule has 1 atom stereocenters. The molecule has 0 aliphatic heterocycles. The van der Waals surface area contributed by atoms with Crippen LogP contribution in [0.1, 0.15) is 48.1 Å². The highest BCUT2D eigenvalue weighted by Crippen LogP contribution is 2.37. The number of thiophene rings is 1. The Kier molecular flexibility index (Phi) is 4.55. The van der Waals surface area contributed by atoms with Crippen LogP contribution < -0.4 is 5.32 Å². The fourth-order valence-electron chi connectivity index (χ4n) is 3.07. The second-order valence-electron chi connectivity index (χ2n) is 5.44. The Morgan fingerprint density at radius 2 is 2.05 bits per heavy atom. The second-order valence-corrected chi connectivity index (χ2v) is 6.42. The molecule has 0 spiro atoms. The van der Waals surface area contributed by atoms with Gasteiger partial charge in [-0.25, -0.2) is 0 Å². The standard InChI is InChI=1S/C16H21NO2S/c18-11-14-8-7-13(19-14)10-17-16(12-4-1-2-5-12)15-6-3-9-20-15/h3,6-9,12,16-18H,1-2,4-5,10-11H2. The monoisotopic (exact) mass is 291 g/mol. The van der Waals surface area contributed by atoms with Gasteiger partial charge in [0.2, 0.25) is 0 Å². The Morgan fingerprint density at radius 1 is 1.25 bits per heavy atom. The SMILES string of the molecule is OCc1ccc(CNC(c2cccs2)C2CCCC2)o1. The molecular weight excluding hydrogens is 270 g/mol. The van der Waals surface area contributed by atoms with Gasteiger partial charge in [-0.15, -0.1) is 11.3 Å². The molecule has 2 aromatic heterocycles. The van der Waals surface area contributed by atoms with Crippen LogP contribution in [0.2, 0.25) is 0 Å². The van der Waals surface area contributed by atoms with Crippen LogP contribution in [0.3, 0.4) is 0 Å². The predicted octanol–water partition coefficient (Wildman–Crippen LogP) is 3.85. The zero-order valence-corrected chi connectivity index (χ0v) is 12.4. The van der Waals surface area contributed by atoms with Crippen LogP contribution in [0.4, 0.5) is 0 Å². The molecular formula is C16H21NO2S. The number of aliphatic hydroxyl groups is 1. The maximum atomic E-state index is 9.04. The number of aliphatic hydroxyl groups excluding tert-OH is 1. The van der Waals surface area contributed by atoms with E-state index >= 15 is 0 Å². The molecule has 2 aromatic rings. The molecule has 4 heteroatoms. The molecule has 2 heterocycles. The summed E-state index contributed by atoms with van der Waals surface area (Å²) in [6.45, 7) is 0.691. The fourth-order valence-corrected chi connectivity index (χ4v) is 3.97. The van der Waals surface area contributed by atoms with E-state index in [0.29, 0.717) is 11.8 Å². The first-order valence-electron chi connectivity index (χ1n) is 7.32. The Bertz CT molecular complexity index is 514. The zero-order chi connectivity index (χ0) is 13.8. The zero-order valence-electron chi connectivity index (χ0n) is 11.5. The minimum Gasteiger partial charge on any atom is -0.462 e. The molecule has 3 nitrogen and oxygen atoms in total. The van der Waals surface area contributed by atoms with Crippen LogP contribution in [0.15, 0.2) is 34.1 Å². The summed E-state index contributed by atoms with van der Waals surface area (Å²) < 4.78 is 5.55. The Morgan fingerprint density at radius 3 is 2.70 bits per heavy atom. The largest absolute Gasteiger partial charge is 0.462 e. The van der Waals surface area contributed by atoms with E-state index < -0.39 is 0 Å². The topological polar surface area (TPSA) is 45.4 Å². The van der Waals surface area contributed by atoms with Gasteiger partial charge in [0.05, 0.1) is 6.54 Å². The van der Waals surface area contributed by atoms with Crippen LogP contribution in [0.5, 0.6) is 0 Å². The summed E-state index contributed by atoms with van der Waals surface area (Å²) in [6, 6.07) is 8.56. The van der Waals surface area contributed by atoms with Gasteiger partial charge in [-0.3, -0.25) is 0 Å². The van der Waals surface area contributed by atoms with Crippen LogP contribution in [0.25, 0.3) is 0 Å². The maximum absolute atomic E-state index is 9.04. The average molecular weight is 291 g/mol. The Balaban J connectivity index is 1.66. The lowest BCUT2D eigenvalue weighted by Gasteiger charge is -2.23. The highest BCUT2D eigenvalue weighted by molar-refractivity contribution is 7.10. The number of furan rings is 1. The van der Waals surface area contributed by atoms with Crippen LogP contribution in [0, 0.1) is 5.92 Å². The van der Waals surface area contributed by atoms with E-state index in [1.165, 1.54) is 30.6 Å². The summed E-state index contributed by atoms with van der Waals surface area (Å²) in [5, 5.41) is 14.8. The molecule has 1 aliphatic carbocycles. The molecule has 1 unspecified atom stereocenters. The summed E-state index contributed by atoms with van der Waals surface area (Å²) in [7, 11) is 0.